The van der Waals surface area contributed by atoms with Gasteiger partial charge in [0, 0.05) is 25.2 Å². The second-order valence-corrected chi connectivity index (χ2v) is 11.0. The van der Waals surface area contributed by atoms with E-state index >= 15 is 0 Å². The van der Waals surface area contributed by atoms with E-state index in [-0.39, 0.29) is 42.1 Å². The lowest BCUT2D eigenvalue weighted by atomic mass is 9.58. The third kappa shape index (κ3) is 4.13. The van der Waals surface area contributed by atoms with Crippen molar-refractivity contribution in [1.29, 1.82) is 0 Å². The van der Waals surface area contributed by atoms with Gasteiger partial charge >= 0.3 is 11.9 Å². The third-order valence-electron chi connectivity index (χ3n) is 8.60. The molecular weight excluding hydrogens is 408 g/mol. The van der Waals surface area contributed by atoms with Crippen molar-refractivity contribution in [3.05, 3.63) is 12.2 Å². The molecule has 4 fully saturated rings. The number of carbonyl (C=O) groups excluding carboxylic acids is 2. The first-order valence-electron chi connectivity index (χ1n) is 12.4. The quantitative estimate of drug-likeness (QED) is 0.463. The van der Waals surface area contributed by atoms with E-state index in [0.29, 0.717) is 37.7 Å². The minimum absolute atomic E-state index is 0.0687. The highest BCUT2D eigenvalue weighted by Crippen LogP contribution is 2.59. The molecule has 0 spiro atoms. The maximum Gasteiger partial charge on any atom is 0.306 e. The topological polar surface area (TPSA) is 71.1 Å². The smallest absolute Gasteiger partial charge is 0.306 e. The van der Waals surface area contributed by atoms with Gasteiger partial charge in [-0.3, -0.25) is 9.59 Å². The van der Waals surface area contributed by atoms with E-state index in [1.807, 2.05) is 6.92 Å². The van der Waals surface area contributed by atoms with Gasteiger partial charge in [-0.1, -0.05) is 20.4 Å². The van der Waals surface area contributed by atoms with Gasteiger partial charge in [-0.15, -0.1) is 0 Å². The Balaban J connectivity index is 1.74. The van der Waals surface area contributed by atoms with Crippen molar-refractivity contribution in [1.82, 2.24) is 0 Å². The fourth-order valence-electron chi connectivity index (χ4n) is 7.02. The SMILES string of the molecule is C=C1C[C@H]2O[C@@H]3[C@@H]4[C@@H](CC[C@](C)(OC(=O)CCC)[C@@H]42)[C@H](C)CO[C@]3(C)CC[C@@H]1OC(C)=O. The lowest BCUT2D eigenvalue weighted by Crippen LogP contribution is -2.55. The van der Waals surface area contributed by atoms with Crippen LogP contribution >= 0.6 is 0 Å². The maximum atomic E-state index is 12.6. The lowest BCUT2D eigenvalue weighted by molar-refractivity contribution is -0.176. The van der Waals surface area contributed by atoms with Crippen LogP contribution in [0.2, 0.25) is 0 Å². The van der Waals surface area contributed by atoms with Gasteiger partial charge in [-0.25, -0.2) is 0 Å². The summed E-state index contributed by atoms with van der Waals surface area (Å²) in [6.07, 6.45) is 4.53. The fourth-order valence-corrected chi connectivity index (χ4v) is 7.02. The van der Waals surface area contributed by atoms with Crippen LogP contribution in [-0.2, 0) is 28.5 Å². The van der Waals surface area contributed by atoms with Crippen molar-refractivity contribution in [2.24, 2.45) is 23.7 Å². The first-order valence-corrected chi connectivity index (χ1v) is 12.4. The zero-order valence-corrected chi connectivity index (χ0v) is 20.4. The molecule has 3 saturated heterocycles. The molecule has 0 N–H and O–H groups in total. The van der Waals surface area contributed by atoms with Gasteiger partial charge in [-0.2, -0.15) is 0 Å². The summed E-state index contributed by atoms with van der Waals surface area (Å²) in [6.45, 7) is 15.0. The van der Waals surface area contributed by atoms with E-state index in [0.717, 1.165) is 31.3 Å². The molecule has 4 rings (SSSR count). The van der Waals surface area contributed by atoms with Gasteiger partial charge in [0.15, 0.2) is 0 Å². The second-order valence-electron chi connectivity index (χ2n) is 11.0. The Morgan fingerprint density at radius 1 is 1.22 bits per heavy atom. The molecule has 9 atom stereocenters. The zero-order chi connectivity index (χ0) is 23.3. The molecule has 0 amide bonds. The van der Waals surface area contributed by atoms with Crippen molar-refractivity contribution >= 4 is 11.9 Å². The van der Waals surface area contributed by atoms with Crippen LogP contribution in [0.25, 0.3) is 0 Å². The average Bonchev–Trinajstić information content (AvgIpc) is 3.07. The van der Waals surface area contributed by atoms with Crippen molar-refractivity contribution in [3.63, 3.8) is 0 Å². The molecule has 1 aliphatic carbocycles. The molecule has 4 aliphatic rings. The van der Waals surface area contributed by atoms with E-state index in [2.05, 4.69) is 27.4 Å². The Morgan fingerprint density at radius 2 is 1.97 bits per heavy atom. The monoisotopic (exact) mass is 448 g/mol. The molecular formula is C26H40O6. The van der Waals surface area contributed by atoms with Gasteiger partial charge in [0.2, 0.25) is 0 Å². The predicted molar refractivity (Wildman–Crippen MR) is 120 cm³/mol. The molecule has 0 aromatic heterocycles. The van der Waals surface area contributed by atoms with E-state index < -0.39 is 11.2 Å². The molecule has 0 unspecified atom stereocenters. The van der Waals surface area contributed by atoms with Crippen LogP contribution < -0.4 is 0 Å². The molecule has 2 bridgehead atoms. The van der Waals surface area contributed by atoms with Crippen LogP contribution in [-0.4, -0.2) is 48.1 Å². The van der Waals surface area contributed by atoms with Crippen LogP contribution in [0.1, 0.15) is 79.6 Å². The first-order chi connectivity index (χ1) is 15.1. The standard InChI is InChI=1S/C26H40O6/c1-7-8-21(28)32-25(5)11-9-18-16(3)14-29-26(6)12-10-19(30-17(4)27)15(2)13-20-23(25)22(18)24(26)31-20/h16,18-20,22-24H,2,7-14H2,1,3-6H3/t16-,18+,19+,20-,22-,23-,24-,25+,26-/m1/s1. The Hall–Kier alpha value is -1.40. The molecule has 6 heteroatoms. The van der Waals surface area contributed by atoms with E-state index in [4.69, 9.17) is 18.9 Å². The molecule has 0 aromatic rings. The highest BCUT2D eigenvalue weighted by Gasteiger charge is 2.65. The number of hydrogen-bond donors (Lipinski definition) is 0. The summed E-state index contributed by atoms with van der Waals surface area (Å²) < 4.78 is 25.3. The molecule has 6 nitrogen and oxygen atoms in total. The van der Waals surface area contributed by atoms with Gasteiger partial charge in [0.1, 0.15) is 11.7 Å². The normalized spacial score (nSPS) is 45.8. The lowest BCUT2D eigenvalue weighted by Gasteiger charge is -2.49. The highest BCUT2D eigenvalue weighted by atomic mass is 16.6. The maximum absolute atomic E-state index is 12.6. The Morgan fingerprint density at radius 3 is 2.66 bits per heavy atom. The van der Waals surface area contributed by atoms with E-state index in [1.165, 1.54) is 6.92 Å². The molecule has 3 aliphatic heterocycles. The Labute approximate surface area is 192 Å². The summed E-state index contributed by atoms with van der Waals surface area (Å²) in [5.74, 6) is 0.818. The highest BCUT2D eigenvalue weighted by molar-refractivity contribution is 5.70. The Bertz CT molecular complexity index is 763. The Kier molecular flexibility index (Phi) is 6.49. The number of rotatable bonds is 4. The van der Waals surface area contributed by atoms with Crippen LogP contribution in [0.15, 0.2) is 12.2 Å². The van der Waals surface area contributed by atoms with Crippen LogP contribution in [0.4, 0.5) is 0 Å². The minimum Gasteiger partial charge on any atom is -0.459 e. The van der Waals surface area contributed by atoms with Gasteiger partial charge in [0.05, 0.1) is 24.4 Å². The number of fused-ring (bicyclic) bond motifs is 2. The van der Waals surface area contributed by atoms with E-state index in [9.17, 15) is 9.59 Å². The summed E-state index contributed by atoms with van der Waals surface area (Å²) in [4.78, 5) is 24.4. The molecule has 0 aromatic carbocycles. The number of ether oxygens (including phenoxy) is 4. The molecule has 32 heavy (non-hydrogen) atoms. The predicted octanol–water partition coefficient (Wildman–Crippen LogP) is 4.60. The summed E-state index contributed by atoms with van der Waals surface area (Å²) >= 11 is 0. The first kappa shape index (κ1) is 23.7. The van der Waals surface area contributed by atoms with Crippen LogP contribution in [0.5, 0.6) is 0 Å². The van der Waals surface area contributed by atoms with Gasteiger partial charge < -0.3 is 18.9 Å². The number of esters is 2. The molecule has 180 valence electrons. The van der Waals surface area contributed by atoms with Crippen molar-refractivity contribution in [3.8, 4) is 0 Å². The third-order valence-corrected chi connectivity index (χ3v) is 8.60. The summed E-state index contributed by atoms with van der Waals surface area (Å²) in [5.41, 5.74) is -0.172. The van der Waals surface area contributed by atoms with Gasteiger partial charge in [0.25, 0.3) is 0 Å². The zero-order valence-electron chi connectivity index (χ0n) is 20.4. The summed E-state index contributed by atoms with van der Waals surface area (Å²) in [6, 6.07) is 0. The summed E-state index contributed by atoms with van der Waals surface area (Å²) in [5, 5.41) is 0. The van der Waals surface area contributed by atoms with Crippen molar-refractivity contribution in [2.75, 3.05) is 6.61 Å². The van der Waals surface area contributed by atoms with Crippen molar-refractivity contribution < 1.29 is 28.5 Å². The molecule has 0 radical (unpaired) electrons. The molecule has 3 heterocycles. The average molecular weight is 449 g/mol. The number of carbonyl (C=O) groups is 2. The fraction of sp³-hybridized carbons (Fsp3) is 0.846. The van der Waals surface area contributed by atoms with Crippen LogP contribution in [0.3, 0.4) is 0 Å². The summed E-state index contributed by atoms with van der Waals surface area (Å²) in [7, 11) is 0. The number of hydrogen-bond acceptors (Lipinski definition) is 6. The second kappa shape index (κ2) is 8.75. The van der Waals surface area contributed by atoms with Crippen molar-refractivity contribution in [2.45, 2.75) is 109 Å². The van der Waals surface area contributed by atoms with Gasteiger partial charge in [-0.05, 0) is 69.8 Å². The van der Waals surface area contributed by atoms with Crippen LogP contribution in [0, 0.1) is 23.7 Å². The molecule has 1 saturated carbocycles. The minimum atomic E-state index is -0.575. The largest absolute Gasteiger partial charge is 0.459 e. The van der Waals surface area contributed by atoms with E-state index in [1.54, 1.807) is 0 Å².